The molecule has 0 aliphatic carbocycles. The van der Waals surface area contributed by atoms with E-state index in [1.54, 1.807) is 0 Å². The van der Waals surface area contributed by atoms with Crippen LogP contribution in [0.15, 0.2) is 30.3 Å². The summed E-state index contributed by atoms with van der Waals surface area (Å²) in [5.41, 5.74) is 2.09. The molecule has 0 heterocycles. The Morgan fingerprint density at radius 1 is 1.27 bits per heavy atom. The molecule has 30 heavy (non-hydrogen) atoms. The monoisotopic (exact) mass is 447 g/mol. The Balaban J connectivity index is 2.23. The highest BCUT2D eigenvalue weighted by molar-refractivity contribution is 6.32. The first kappa shape index (κ1) is 23.1. The van der Waals surface area contributed by atoms with Crippen molar-refractivity contribution in [2.24, 2.45) is 0 Å². The second-order valence-corrected chi connectivity index (χ2v) is 6.31. The zero-order valence-electron chi connectivity index (χ0n) is 15.8. The van der Waals surface area contributed by atoms with Crippen LogP contribution in [-0.2, 0) is 6.18 Å². The molecule has 0 bridgehead atoms. The lowest BCUT2D eigenvalue weighted by molar-refractivity contribution is -0.384. The summed E-state index contributed by atoms with van der Waals surface area (Å²) in [5.74, 6) is -0.308. The number of halogens is 4. The minimum absolute atomic E-state index is 0.0303. The zero-order chi connectivity index (χ0) is 22.5. The van der Waals surface area contributed by atoms with Crippen LogP contribution in [0.4, 0.5) is 24.5 Å². The van der Waals surface area contributed by atoms with Gasteiger partial charge in [-0.05, 0) is 30.7 Å². The molecule has 1 amide bonds. The fourth-order valence-electron chi connectivity index (χ4n) is 2.36. The molecule has 2 aromatic rings. The highest BCUT2D eigenvalue weighted by Crippen LogP contribution is 2.37. The molecule has 2 rings (SSSR count). The van der Waals surface area contributed by atoms with E-state index in [4.69, 9.17) is 21.1 Å². The number of nitro benzene ring substituents is 1. The molecule has 8 nitrogen and oxygen atoms in total. The van der Waals surface area contributed by atoms with Crippen molar-refractivity contribution in [3.8, 4) is 11.5 Å². The minimum Gasteiger partial charge on any atom is -0.493 e. The molecule has 0 saturated carbocycles. The fourth-order valence-corrected chi connectivity index (χ4v) is 2.62. The average Bonchev–Trinajstić information content (AvgIpc) is 2.69. The van der Waals surface area contributed by atoms with E-state index in [9.17, 15) is 28.1 Å². The number of methoxy groups -OCH3 is 1. The van der Waals surface area contributed by atoms with Gasteiger partial charge in [-0.2, -0.15) is 13.2 Å². The van der Waals surface area contributed by atoms with Crippen molar-refractivity contribution in [2.45, 2.75) is 19.5 Å². The van der Waals surface area contributed by atoms with Gasteiger partial charge in [0.1, 0.15) is 5.69 Å². The molecule has 0 radical (unpaired) electrons. The number of ether oxygens (including phenoxy) is 2. The predicted molar refractivity (Wildman–Crippen MR) is 103 cm³/mol. The molecular weight excluding hydrogens is 431 g/mol. The minimum atomic E-state index is -4.75. The van der Waals surface area contributed by atoms with E-state index in [0.717, 1.165) is 12.5 Å². The largest absolute Gasteiger partial charge is 0.493 e. The number of hydrogen-bond donors (Lipinski definition) is 2. The van der Waals surface area contributed by atoms with E-state index in [0.29, 0.717) is 18.7 Å². The van der Waals surface area contributed by atoms with Crippen LogP contribution >= 0.6 is 11.6 Å². The number of nitrogens with zero attached hydrogens (tertiary/aromatic N) is 1. The quantitative estimate of drug-likeness (QED) is 0.444. The van der Waals surface area contributed by atoms with Gasteiger partial charge in [0.15, 0.2) is 11.5 Å². The normalized spacial score (nSPS) is 11.0. The number of carbonyl (C=O) groups excluding carboxylic acids is 1. The van der Waals surface area contributed by atoms with E-state index in [1.807, 2.05) is 6.92 Å². The maximum Gasteiger partial charge on any atom is 0.416 e. The SMILES string of the molecule is CCCOc1c(Cl)cc(C(=O)NNc2ccc(C(F)(F)F)cc2[N+](=O)[O-])cc1OC. The van der Waals surface area contributed by atoms with Gasteiger partial charge in [0.25, 0.3) is 11.6 Å². The number of carbonyl (C=O) groups is 1. The van der Waals surface area contributed by atoms with Crippen LogP contribution in [0.3, 0.4) is 0 Å². The van der Waals surface area contributed by atoms with Gasteiger partial charge in [-0.3, -0.25) is 25.8 Å². The predicted octanol–water partition coefficient (Wildman–Crippen LogP) is 4.82. The highest BCUT2D eigenvalue weighted by atomic mass is 35.5. The van der Waals surface area contributed by atoms with Gasteiger partial charge in [-0.25, -0.2) is 0 Å². The number of benzene rings is 2. The number of alkyl halides is 3. The number of nitrogens with one attached hydrogen (secondary N) is 2. The lowest BCUT2D eigenvalue weighted by atomic mass is 10.1. The number of rotatable bonds is 8. The Morgan fingerprint density at radius 3 is 2.53 bits per heavy atom. The molecule has 162 valence electrons. The first-order valence-electron chi connectivity index (χ1n) is 8.50. The van der Waals surface area contributed by atoms with Gasteiger partial charge in [0, 0.05) is 11.6 Å². The maximum atomic E-state index is 12.8. The van der Waals surface area contributed by atoms with Gasteiger partial charge in [0.2, 0.25) is 0 Å². The molecule has 0 saturated heterocycles. The van der Waals surface area contributed by atoms with Crippen LogP contribution in [0.2, 0.25) is 5.02 Å². The number of hydrogen-bond acceptors (Lipinski definition) is 6. The molecule has 2 aromatic carbocycles. The van der Waals surface area contributed by atoms with E-state index in [2.05, 4.69) is 10.9 Å². The molecule has 0 aliphatic rings. The Hall–Kier alpha value is -3.21. The van der Waals surface area contributed by atoms with Gasteiger partial charge in [-0.15, -0.1) is 0 Å². The van der Waals surface area contributed by atoms with Gasteiger partial charge in [0.05, 0.1) is 29.2 Å². The van der Waals surface area contributed by atoms with Crippen molar-refractivity contribution < 1.29 is 32.4 Å². The van der Waals surface area contributed by atoms with Crippen LogP contribution in [0.1, 0.15) is 29.3 Å². The van der Waals surface area contributed by atoms with Crippen molar-refractivity contribution in [1.29, 1.82) is 0 Å². The molecule has 0 aromatic heterocycles. The third-order valence-corrected chi connectivity index (χ3v) is 4.06. The van der Waals surface area contributed by atoms with Crippen molar-refractivity contribution in [3.63, 3.8) is 0 Å². The molecule has 0 fully saturated rings. The van der Waals surface area contributed by atoms with Crippen LogP contribution in [0.25, 0.3) is 0 Å². The summed E-state index contributed by atoms with van der Waals surface area (Å²) in [4.78, 5) is 22.5. The summed E-state index contributed by atoms with van der Waals surface area (Å²) in [6, 6.07) is 4.51. The maximum absolute atomic E-state index is 12.8. The number of hydrazine groups is 1. The molecule has 0 spiro atoms. The lowest BCUT2D eigenvalue weighted by Gasteiger charge is -2.14. The van der Waals surface area contributed by atoms with E-state index in [-0.39, 0.29) is 27.8 Å². The summed E-state index contributed by atoms with van der Waals surface area (Å²) >= 11 is 6.14. The topological polar surface area (TPSA) is 103 Å². The fraction of sp³-hybridized carbons (Fsp3) is 0.278. The van der Waals surface area contributed by atoms with E-state index >= 15 is 0 Å². The zero-order valence-corrected chi connectivity index (χ0v) is 16.6. The Morgan fingerprint density at radius 2 is 1.97 bits per heavy atom. The third kappa shape index (κ3) is 5.44. The van der Waals surface area contributed by atoms with Crippen LogP contribution in [0, 0.1) is 10.1 Å². The molecular formula is C18H17ClF3N3O5. The Bertz CT molecular complexity index is 953. The summed E-state index contributed by atoms with van der Waals surface area (Å²) in [6.07, 6.45) is -4.03. The van der Waals surface area contributed by atoms with E-state index < -0.39 is 28.3 Å². The summed E-state index contributed by atoms with van der Waals surface area (Å²) in [5, 5.41) is 11.2. The molecule has 12 heteroatoms. The van der Waals surface area contributed by atoms with Crippen molar-refractivity contribution in [2.75, 3.05) is 19.1 Å². The third-order valence-electron chi connectivity index (χ3n) is 3.77. The smallest absolute Gasteiger partial charge is 0.416 e. The molecule has 2 N–H and O–H groups in total. The molecule has 0 atom stereocenters. The highest BCUT2D eigenvalue weighted by Gasteiger charge is 2.33. The van der Waals surface area contributed by atoms with Gasteiger partial charge < -0.3 is 9.47 Å². The second-order valence-electron chi connectivity index (χ2n) is 5.90. The summed E-state index contributed by atoms with van der Waals surface area (Å²) in [6.45, 7) is 2.27. The van der Waals surface area contributed by atoms with Crippen LogP contribution in [0.5, 0.6) is 11.5 Å². The van der Waals surface area contributed by atoms with E-state index in [1.165, 1.54) is 19.2 Å². The van der Waals surface area contributed by atoms with Crippen LogP contribution < -0.4 is 20.3 Å². The van der Waals surface area contributed by atoms with Gasteiger partial charge >= 0.3 is 6.18 Å². The standard InChI is InChI=1S/C18H17ClF3N3O5/c1-3-6-30-16-12(19)7-10(8-15(16)29-2)17(26)24-23-13-5-4-11(18(20,21)22)9-14(13)25(27)28/h4-5,7-9,23H,3,6H2,1-2H3,(H,24,26). The Labute approximate surface area is 174 Å². The Kier molecular flexibility index (Phi) is 7.33. The molecule has 0 aliphatic heterocycles. The molecule has 0 unspecified atom stereocenters. The number of amides is 1. The first-order chi connectivity index (χ1) is 14.1. The van der Waals surface area contributed by atoms with Crippen molar-refractivity contribution in [1.82, 2.24) is 5.43 Å². The summed E-state index contributed by atoms with van der Waals surface area (Å²) < 4.78 is 49.0. The lowest BCUT2D eigenvalue weighted by Crippen LogP contribution is -2.29. The van der Waals surface area contributed by atoms with Gasteiger partial charge in [-0.1, -0.05) is 18.5 Å². The van der Waals surface area contributed by atoms with Crippen LogP contribution in [-0.4, -0.2) is 24.5 Å². The second kappa shape index (κ2) is 9.53. The van der Waals surface area contributed by atoms with Crippen molar-refractivity contribution in [3.05, 3.63) is 56.6 Å². The first-order valence-corrected chi connectivity index (χ1v) is 8.88. The average molecular weight is 448 g/mol. The number of nitro groups is 1. The van der Waals surface area contributed by atoms with Crippen molar-refractivity contribution >= 4 is 28.9 Å². The summed E-state index contributed by atoms with van der Waals surface area (Å²) in [7, 11) is 1.36. The number of anilines is 1.